The molecule has 1 heterocycles. The van der Waals surface area contributed by atoms with Gasteiger partial charge in [-0.2, -0.15) is 0 Å². The van der Waals surface area contributed by atoms with Crippen molar-refractivity contribution >= 4 is 22.4 Å². The number of halogens is 1. The molecule has 0 atom stereocenters. The van der Waals surface area contributed by atoms with E-state index in [4.69, 9.17) is 4.74 Å². The van der Waals surface area contributed by atoms with Gasteiger partial charge in [0.1, 0.15) is 6.61 Å². The van der Waals surface area contributed by atoms with Crippen LogP contribution in [0.15, 0.2) is 34.6 Å². The number of rotatable bonds is 7. The van der Waals surface area contributed by atoms with Gasteiger partial charge in [0.2, 0.25) is 0 Å². The molecule has 0 spiro atoms. The van der Waals surface area contributed by atoms with Gasteiger partial charge in [0, 0.05) is 33.6 Å². The molecule has 0 aliphatic heterocycles. The van der Waals surface area contributed by atoms with E-state index in [1.54, 1.807) is 36.6 Å². The summed E-state index contributed by atoms with van der Waals surface area (Å²) in [5, 5.41) is 6.27. The van der Waals surface area contributed by atoms with Crippen LogP contribution in [-0.4, -0.2) is 57.2 Å². The number of aromatic nitrogens is 1. The first-order chi connectivity index (χ1) is 12.0. The molecule has 0 aliphatic rings. The molecule has 0 saturated carbocycles. The molecule has 1 aromatic heterocycles. The number of hydrogen-bond acceptors (Lipinski definition) is 5. The Morgan fingerprint density at radius 3 is 2.72 bits per heavy atom. The Kier molecular flexibility index (Phi) is 7.00. The van der Waals surface area contributed by atoms with Crippen molar-refractivity contribution < 1.29 is 9.13 Å². The monoisotopic (exact) mass is 365 g/mol. The Morgan fingerprint density at radius 2 is 2.08 bits per heavy atom. The zero-order valence-corrected chi connectivity index (χ0v) is 15.8. The van der Waals surface area contributed by atoms with Gasteiger partial charge in [0.15, 0.2) is 22.7 Å². The zero-order valence-electron chi connectivity index (χ0n) is 15.0. The summed E-state index contributed by atoms with van der Waals surface area (Å²) in [6, 6.07) is 6.39. The number of aliphatic imine (C=N–C) groups is 1. The normalized spacial score (nSPS) is 11.3. The summed E-state index contributed by atoms with van der Waals surface area (Å²) in [6.45, 7) is 1.53. The van der Waals surface area contributed by atoms with E-state index in [-0.39, 0.29) is 11.6 Å². The van der Waals surface area contributed by atoms with Gasteiger partial charge in [-0.05, 0) is 12.1 Å². The Labute approximate surface area is 152 Å². The van der Waals surface area contributed by atoms with Crippen molar-refractivity contribution in [2.75, 3.05) is 46.2 Å². The predicted molar refractivity (Wildman–Crippen MR) is 101 cm³/mol. The van der Waals surface area contributed by atoms with E-state index < -0.39 is 0 Å². The second kappa shape index (κ2) is 9.22. The molecule has 136 valence electrons. The van der Waals surface area contributed by atoms with E-state index in [9.17, 15) is 4.39 Å². The molecule has 2 rings (SSSR count). The van der Waals surface area contributed by atoms with E-state index in [2.05, 4.69) is 15.3 Å². The molecule has 25 heavy (non-hydrogen) atoms. The SMILES string of the molecule is CN=C(NCc1csc(N(C)C)n1)N(C)CCOc1ccccc1F. The molecule has 0 unspecified atom stereocenters. The third-order valence-corrected chi connectivity index (χ3v) is 4.50. The van der Waals surface area contributed by atoms with Crippen molar-refractivity contribution in [2.45, 2.75) is 6.54 Å². The fourth-order valence-electron chi connectivity index (χ4n) is 2.10. The number of thiazole rings is 1. The summed E-state index contributed by atoms with van der Waals surface area (Å²) >= 11 is 1.60. The Balaban J connectivity index is 1.80. The minimum absolute atomic E-state index is 0.262. The highest BCUT2D eigenvalue weighted by Crippen LogP contribution is 2.17. The topological polar surface area (TPSA) is 53.0 Å². The summed E-state index contributed by atoms with van der Waals surface area (Å²) in [4.78, 5) is 12.7. The smallest absolute Gasteiger partial charge is 0.193 e. The van der Waals surface area contributed by atoms with Crippen molar-refractivity contribution in [1.29, 1.82) is 0 Å². The van der Waals surface area contributed by atoms with E-state index in [0.717, 1.165) is 16.8 Å². The van der Waals surface area contributed by atoms with Crippen molar-refractivity contribution in [3.63, 3.8) is 0 Å². The lowest BCUT2D eigenvalue weighted by Gasteiger charge is -2.22. The second-order valence-corrected chi connectivity index (χ2v) is 6.45. The van der Waals surface area contributed by atoms with Crippen molar-refractivity contribution in [2.24, 2.45) is 4.99 Å². The number of benzene rings is 1. The molecule has 0 radical (unpaired) electrons. The molecule has 0 aliphatic carbocycles. The molecule has 1 aromatic carbocycles. The lowest BCUT2D eigenvalue weighted by Crippen LogP contribution is -2.40. The number of nitrogens with one attached hydrogen (secondary N) is 1. The Hall–Kier alpha value is -2.35. The molecule has 6 nitrogen and oxygen atoms in total. The highest BCUT2D eigenvalue weighted by molar-refractivity contribution is 7.13. The van der Waals surface area contributed by atoms with Crippen LogP contribution in [0, 0.1) is 5.82 Å². The quantitative estimate of drug-likeness (QED) is 0.603. The van der Waals surface area contributed by atoms with Crippen LogP contribution in [0.5, 0.6) is 5.75 Å². The number of para-hydroxylation sites is 1. The first kappa shape index (κ1) is 19.0. The lowest BCUT2D eigenvalue weighted by atomic mass is 10.3. The predicted octanol–water partition coefficient (Wildman–Crippen LogP) is 2.43. The largest absolute Gasteiger partial charge is 0.489 e. The van der Waals surface area contributed by atoms with Gasteiger partial charge < -0.3 is 19.9 Å². The maximum atomic E-state index is 13.5. The Bertz CT molecular complexity index is 704. The zero-order chi connectivity index (χ0) is 18.2. The highest BCUT2D eigenvalue weighted by atomic mass is 32.1. The van der Waals surface area contributed by atoms with E-state index in [1.807, 2.05) is 36.3 Å². The number of nitrogens with zero attached hydrogens (tertiary/aromatic N) is 4. The summed E-state index contributed by atoms with van der Waals surface area (Å²) in [7, 11) is 7.58. The second-order valence-electron chi connectivity index (χ2n) is 5.62. The number of guanidine groups is 1. The standard InChI is InChI=1S/C17H24FN5OS/c1-19-16(20-11-13-12-25-17(21-13)22(2)3)23(4)9-10-24-15-8-6-5-7-14(15)18/h5-8,12H,9-11H2,1-4H3,(H,19,20). The van der Waals surface area contributed by atoms with E-state index >= 15 is 0 Å². The van der Waals surface area contributed by atoms with Crippen LogP contribution in [0.1, 0.15) is 5.69 Å². The lowest BCUT2D eigenvalue weighted by molar-refractivity contribution is 0.270. The van der Waals surface area contributed by atoms with Crippen LogP contribution in [0.25, 0.3) is 0 Å². The average molecular weight is 365 g/mol. The molecular weight excluding hydrogens is 341 g/mol. The minimum Gasteiger partial charge on any atom is -0.489 e. The molecular formula is C17H24FN5OS. The summed E-state index contributed by atoms with van der Waals surface area (Å²) < 4.78 is 19.0. The number of likely N-dealkylation sites (N-methyl/N-ethyl adjacent to an activating group) is 1. The average Bonchev–Trinajstić information content (AvgIpc) is 3.06. The van der Waals surface area contributed by atoms with E-state index in [1.165, 1.54) is 6.07 Å². The van der Waals surface area contributed by atoms with Crippen LogP contribution >= 0.6 is 11.3 Å². The molecule has 2 aromatic rings. The summed E-state index contributed by atoms with van der Waals surface area (Å²) in [5.74, 6) is 0.641. The molecule has 0 bridgehead atoms. The van der Waals surface area contributed by atoms with Crippen LogP contribution in [0.3, 0.4) is 0 Å². The molecule has 0 amide bonds. The summed E-state index contributed by atoms with van der Waals surface area (Å²) in [5.41, 5.74) is 0.964. The first-order valence-corrected chi connectivity index (χ1v) is 8.80. The first-order valence-electron chi connectivity index (χ1n) is 7.92. The fraction of sp³-hybridized carbons (Fsp3) is 0.412. The third-order valence-electron chi connectivity index (χ3n) is 3.44. The van der Waals surface area contributed by atoms with Gasteiger partial charge in [-0.15, -0.1) is 11.3 Å². The van der Waals surface area contributed by atoms with Gasteiger partial charge in [-0.25, -0.2) is 9.37 Å². The summed E-state index contributed by atoms with van der Waals surface area (Å²) in [6.07, 6.45) is 0. The maximum absolute atomic E-state index is 13.5. The van der Waals surface area contributed by atoms with Gasteiger partial charge in [0.05, 0.1) is 18.8 Å². The molecule has 8 heteroatoms. The molecule has 0 fully saturated rings. The van der Waals surface area contributed by atoms with Crippen LogP contribution in [-0.2, 0) is 6.54 Å². The number of hydrogen-bond donors (Lipinski definition) is 1. The maximum Gasteiger partial charge on any atom is 0.193 e. The van der Waals surface area contributed by atoms with Crippen molar-refractivity contribution in [3.05, 3.63) is 41.2 Å². The van der Waals surface area contributed by atoms with Crippen molar-refractivity contribution in [1.82, 2.24) is 15.2 Å². The van der Waals surface area contributed by atoms with Gasteiger partial charge >= 0.3 is 0 Å². The molecule has 1 N–H and O–H groups in total. The minimum atomic E-state index is -0.354. The van der Waals surface area contributed by atoms with Crippen LogP contribution < -0.4 is 15.0 Å². The van der Waals surface area contributed by atoms with Crippen LogP contribution in [0.4, 0.5) is 9.52 Å². The number of ether oxygens (including phenoxy) is 1. The van der Waals surface area contributed by atoms with Crippen LogP contribution in [0.2, 0.25) is 0 Å². The van der Waals surface area contributed by atoms with Gasteiger partial charge in [-0.3, -0.25) is 4.99 Å². The van der Waals surface area contributed by atoms with Gasteiger partial charge in [0.25, 0.3) is 0 Å². The fourth-order valence-corrected chi connectivity index (χ4v) is 2.86. The van der Waals surface area contributed by atoms with Gasteiger partial charge in [-0.1, -0.05) is 12.1 Å². The Morgan fingerprint density at radius 1 is 1.32 bits per heavy atom. The number of anilines is 1. The van der Waals surface area contributed by atoms with E-state index in [0.29, 0.717) is 19.7 Å². The third kappa shape index (κ3) is 5.60. The molecule has 0 saturated heterocycles. The van der Waals surface area contributed by atoms with Crippen molar-refractivity contribution in [3.8, 4) is 5.75 Å². The highest BCUT2D eigenvalue weighted by Gasteiger charge is 2.09.